The number of rotatable bonds is 5. The van der Waals surface area contributed by atoms with Gasteiger partial charge >= 0.3 is 0 Å². The second-order valence-corrected chi connectivity index (χ2v) is 6.22. The Balaban J connectivity index is 1.70. The van der Waals surface area contributed by atoms with Crippen LogP contribution in [0.4, 0.5) is 0 Å². The average Bonchev–Trinajstić information content (AvgIpc) is 3.33. The lowest BCUT2D eigenvalue weighted by molar-refractivity contribution is 0.0101. The molecule has 1 aromatic carbocycles. The van der Waals surface area contributed by atoms with Gasteiger partial charge in [-0.2, -0.15) is 0 Å². The summed E-state index contributed by atoms with van der Waals surface area (Å²) in [5.41, 5.74) is 9.05. The summed E-state index contributed by atoms with van der Waals surface area (Å²) in [6.07, 6.45) is 5.31. The lowest BCUT2D eigenvalue weighted by Crippen LogP contribution is -2.48. The molecule has 1 aromatic rings. The minimum absolute atomic E-state index is 0.387. The van der Waals surface area contributed by atoms with Crippen LogP contribution in [0.25, 0.3) is 0 Å². The number of benzene rings is 1. The monoisotopic (exact) mass is 274 g/mol. The van der Waals surface area contributed by atoms with E-state index in [1.165, 1.54) is 18.4 Å². The first-order valence-electron chi connectivity index (χ1n) is 7.86. The summed E-state index contributed by atoms with van der Waals surface area (Å²) in [5.74, 6) is 0.819. The van der Waals surface area contributed by atoms with Gasteiger partial charge in [-0.1, -0.05) is 24.3 Å². The van der Waals surface area contributed by atoms with Crippen molar-refractivity contribution in [3.8, 4) is 0 Å². The van der Waals surface area contributed by atoms with Gasteiger partial charge < -0.3 is 10.5 Å². The predicted molar refractivity (Wildman–Crippen MR) is 81.7 cm³/mol. The third-order valence-corrected chi connectivity index (χ3v) is 4.84. The Hall–Kier alpha value is -0.900. The lowest BCUT2D eigenvalue weighted by atomic mass is 9.96. The second-order valence-electron chi connectivity index (χ2n) is 6.22. The highest BCUT2D eigenvalue weighted by Gasteiger charge is 2.30. The largest absolute Gasteiger partial charge is 0.381 e. The van der Waals surface area contributed by atoms with Crippen LogP contribution in [-0.4, -0.2) is 37.2 Å². The minimum atomic E-state index is 0.387. The van der Waals surface area contributed by atoms with Crippen LogP contribution in [0.5, 0.6) is 0 Å². The molecule has 2 fully saturated rings. The van der Waals surface area contributed by atoms with E-state index in [1.54, 1.807) is 5.56 Å². The number of nitrogens with two attached hydrogens (primary N) is 1. The molecule has 1 aliphatic carbocycles. The predicted octanol–water partition coefficient (Wildman–Crippen LogP) is 2.50. The number of likely N-dealkylation sites (tertiary alicyclic amines) is 1. The maximum atomic E-state index is 5.98. The highest BCUT2D eigenvalue weighted by Crippen LogP contribution is 2.42. The van der Waals surface area contributed by atoms with E-state index in [-0.39, 0.29) is 0 Å². The molecule has 3 nitrogen and oxygen atoms in total. The van der Waals surface area contributed by atoms with Crippen molar-refractivity contribution in [1.29, 1.82) is 0 Å². The number of ether oxygens (including phenoxy) is 1. The molecule has 110 valence electrons. The number of nitrogens with zero attached hydrogens (tertiary/aromatic N) is 1. The van der Waals surface area contributed by atoms with E-state index in [1.807, 2.05) is 7.11 Å². The first-order valence-corrected chi connectivity index (χ1v) is 7.86. The van der Waals surface area contributed by atoms with Gasteiger partial charge in [0.15, 0.2) is 0 Å². The van der Waals surface area contributed by atoms with Crippen LogP contribution in [0.1, 0.15) is 42.7 Å². The van der Waals surface area contributed by atoms with Gasteiger partial charge in [-0.3, -0.25) is 4.90 Å². The summed E-state index contributed by atoms with van der Waals surface area (Å²) >= 11 is 0. The Morgan fingerprint density at radius 2 is 2.05 bits per heavy atom. The van der Waals surface area contributed by atoms with Crippen molar-refractivity contribution in [2.24, 2.45) is 5.73 Å². The van der Waals surface area contributed by atoms with Gasteiger partial charge in [-0.05, 0) is 42.7 Å². The fourth-order valence-corrected chi connectivity index (χ4v) is 3.42. The maximum absolute atomic E-state index is 5.98. The highest BCUT2D eigenvalue weighted by molar-refractivity contribution is 5.33. The molecule has 2 atom stereocenters. The highest BCUT2D eigenvalue weighted by atomic mass is 16.5. The van der Waals surface area contributed by atoms with Crippen LogP contribution < -0.4 is 5.73 Å². The van der Waals surface area contributed by atoms with Gasteiger partial charge in [-0.15, -0.1) is 0 Å². The Morgan fingerprint density at radius 3 is 2.75 bits per heavy atom. The summed E-state index contributed by atoms with van der Waals surface area (Å²) in [6.45, 7) is 2.87. The molecule has 2 N–H and O–H groups in total. The fraction of sp³-hybridized carbons (Fsp3) is 0.647. The van der Waals surface area contributed by atoms with Crippen molar-refractivity contribution in [2.75, 3.05) is 20.2 Å². The molecule has 0 radical (unpaired) electrons. The van der Waals surface area contributed by atoms with Crippen molar-refractivity contribution in [2.45, 2.75) is 50.3 Å². The van der Waals surface area contributed by atoms with Crippen molar-refractivity contribution >= 4 is 0 Å². The summed E-state index contributed by atoms with van der Waals surface area (Å²) in [4.78, 5) is 2.55. The van der Waals surface area contributed by atoms with E-state index in [4.69, 9.17) is 10.5 Å². The first kappa shape index (κ1) is 14.1. The molecule has 1 saturated heterocycles. The SMILES string of the molecule is COC1CCN(Cc2ccccc2C2CC2)C(CN)C1. The molecular formula is C17H26N2O. The van der Waals surface area contributed by atoms with Crippen LogP contribution in [-0.2, 0) is 11.3 Å². The van der Waals surface area contributed by atoms with E-state index in [0.717, 1.165) is 38.4 Å². The normalized spacial score (nSPS) is 27.7. The molecule has 3 heteroatoms. The zero-order valence-electron chi connectivity index (χ0n) is 12.4. The smallest absolute Gasteiger partial charge is 0.0599 e. The number of piperidine rings is 1. The second kappa shape index (κ2) is 6.25. The molecule has 0 amide bonds. The summed E-state index contributed by atoms with van der Waals surface area (Å²) in [5, 5.41) is 0. The molecule has 1 heterocycles. The van der Waals surface area contributed by atoms with Crippen LogP contribution >= 0.6 is 0 Å². The average molecular weight is 274 g/mol. The Bertz CT molecular complexity index is 444. The molecule has 2 aliphatic rings. The van der Waals surface area contributed by atoms with E-state index < -0.39 is 0 Å². The number of hydrogen-bond donors (Lipinski definition) is 1. The van der Waals surface area contributed by atoms with Crippen LogP contribution in [0.15, 0.2) is 24.3 Å². The molecule has 1 saturated carbocycles. The van der Waals surface area contributed by atoms with Gasteiger partial charge in [0.05, 0.1) is 6.10 Å². The van der Waals surface area contributed by atoms with Gasteiger partial charge in [-0.25, -0.2) is 0 Å². The minimum Gasteiger partial charge on any atom is -0.381 e. The van der Waals surface area contributed by atoms with Gasteiger partial charge in [0, 0.05) is 32.8 Å². The first-order chi connectivity index (χ1) is 9.81. The third-order valence-electron chi connectivity index (χ3n) is 4.84. The van der Waals surface area contributed by atoms with Crippen molar-refractivity contribution < 1.29 is 4.74 Å². The molecule has 0 aromatic heterocycles. The number of hydrogen-bond acceptors (Lipinski definition) is 3. The molecule has 0 bridgehead atoms. The van der Waals surface area contributed by atoms with E-state index in [2.05, 4.69) is 29.2 Å². The topological polar surface area (TPSA) is 38.5 Å². The van der Waals surface area contributed by atoms with Crippen LogP contribution in [0, 0.1) is 0 Å². The van der Waals surface area contributed by atoms with Crippen molar-refractivity contribution in [1.82, 2.24) is 4.90 Å². The Morgan fingerprint density at radius 1 is 1.25 bits per heavy atom. The third kappa shape index (κ3) is 3.05. The molecular weight excluding hydrogens is 248 g/mol. The fourth-order valence-electron chi connectivity index (χ4n) is 3.42. The Labute approximate surface area is 122 Å². The molecule has 20 heavy (non-hydrogen) atoms. The Kier molecular flexibility index (Phi) is 4.39. The van der Waals surface area contributed by atoms with Gasteiger partial charge in [0.2, 0.25) is 0 Å². The van der Waals surface area contributed by atoms with E-state index in [9.17, 15) is 0 Å². The van der Waals surface area contributed by atoms with Crippen molar-refractivity contribution in [3.63, 3.8) is 0 Å². The molecule has 3 rings (SSSR count). The maximum Gasteiger partial charge on any atom is 0.0599 e. The van der Waals surface area contributed by atoms with Gasteiger partial charge in [0.25, 0.3) is 0 Å². The summed E-state index contributed by atoms with van der Waals surface area (Å²) in [7, 11) is 1.82. The van der Waals surface area contributed by atoms with Crippen molar-refractivity contribution in [3.05, 3.63) is 35.4 Å². The quantitative estimate of drug-likeness (QED) is 0.896. The lowest BCUT2D eigenvalue weighted by Gasteiger charge is -2.38. The summed E-state index contributed by atoms with van der Waals surface area (Å²) in [6, 6.07) is 9.41. The zero-order valence-corrected chi connectivity index (χ0v) is 12.4. The van der Waals surface area contributed by atoms with Crippen LogP contribution in [0.3, 0.4) is 0 Å². The van der Waals surface area contributed by atoms with E-state index >= 15 is 0 Å². The van der Waals surface area contributed by atoms with E-state index in [0.29, 0.717) is 12.1 Å². The number of methoxy groups -OCH3 is 1. The summed E-state index contributed by atoms with van der Waals surface area (Å²) < 4.78 is 5.51. The molecule has 1 aliphatic heterocycles. The standard InChI is InChI=1S/C17H26N2O/c1-20-16-8-9-19(15(10-16)11-18)12-14-4-2-3-5-17(14)13-6-7-13/h2-5,13,15-16H,6-12,18H2,1H3. The molecule has 0 spiro atoms. The zero-order chi connectivity index (χ0) is 13.9. The molecule has 2 unspecified atom stereocenters. The van der Waals surface area contributed by atoms with Crippen LogP contribution in [0.2, 0.25) is 0 Å². The van der Waals surface area contributed by atoms with Gasteiger partial charge in [0.1, 0.15) is 0 Å².